The van der Waals surface area contributed by atoms with Crippen LogP contribution in [0.1, 0.15) is 23.4 Å². The zero-order valence-corrected chi connectivity index (χ0v) is 9.46. The van der Waals surface area contributed by atoms with Gasteiger partial charge in [0.25, 0.3) is 0 Å². The topological polar surface area (TPSA) is 69.6 Å². The van der Waals surface area contributed by atoms with E-state index in [4.69, 9.17) is 5.73 Å². The van der Waals surface area contributed by atoms with Crippen LogP contribution in [0.25, 0.3) is 0 Å². The Kier molecular flexibility index (Phi) is 2.96. The van der Waals surface area contributed by atoms with E-state index < -0.39 is 0 Å². The Bertz CT molecular complexity index is 477. The van der Waals surface area contributed by atoms with E-state index in [9.17, 15) is 0 Å². The van der Waals surface area contributed by atoms with Gasteiger partial charge in [-0.15, -0.1) is 0 Å². The molecule has 0 radical (unpaired) electrons. The lowest BCUT2D eigenvalue weighted by atomic mass is 10.1. The molecule has 2 aromatic heterocycles. The maximum atomic E-state index is 6.08. The lowest BCUT2D eigenvalue weighted by Gasteiger charge is -2.10. The van der Waals surface area contributed by atoms with Gasteiger partial charge >= 0.3 is 0 Å². The number of nitrogens with zero attached hydrogens (tertiary/aromatic N) is 4. The summed E-state index contributed by atoms with van der Waals surface area (Å²) in [5.41, 5.74) is 6.94. The molecule has 0 bridgehead atoms. The van der Waals surface area contributed by atoms with Crippen molar-refractivity contribution in [3.05, 3.63) is 42.0 Å². The number of hydrogen-bond acceptors (Lipinski definition) is 4. The van der Waals surface area contributed by atoms with Crippen LogP contribution in [0.5, 0.6) is 0 Å². The second-order valence-electron chi connectivity index (χ2n) is 3.79. The van der Waals surface area contributed by atoms with Crippen LogP contribution >= 0.6 is 0 Å². The van der Waals surface area contributed by atoms with Crippen LogP contribution in [0.3, 0.4) is 0 Å². The first kappa shape index (κ1) is 10.8. The molecule has 0 saturated heterocycles. The zero-order chi connectivity index (χ0) is 11.5. The van der Waals surface area contributed by atoms with Gasteiger partial charge in [0.1, 0.15) is 11.6 Å². The van der Waals surface area contributed by atoms with E-state index in [1.807, 2.05) is 30.8 Å². The minimum Gasteiger partial charge on any atom is -0.338 e. The Balaban J connectivity index is 2.14. The molecule has 1 unspecified atom stereocenters. The second kappa shape index (κ2) is 4.40. The maximum Gasteiger partial charge on any atom is 0.125 e. The largest absolute Gasteiger partial charge is 0.338 e. The summed E-state index contributed by atoms with van der Waals surface area (Å²) in [5, 5.41) is 0. The van der Waals surface area contributed by atoms with Crippen molar-refractivity contribution in [1.82, 2.24) is 19.5 Å². The van der Waals surface area contributed by atoms with Crippen LogP contribution in [0.2, 0.25) is 0 Å². The number of hydrogen-bond donors (Lipinski definition) is 1. The average Bonchev–Trinajstić information content (AvgIpc) is 2.64. The summed E-state index contributed by atoms with van der Waals surface area (Å²) in [6.07, 6.45) is 6.09. The summed E-state index contributed by atoms with van der Waals surface area (Å²) in [4.78, 5) is 12.6. The van der Waals surface area contributed by atoms with Gasteiger partial charge in [0, 0.05) is 32.1 Å². The minimum absolute atomic E-state index is 0.136. The van der Waals surface area contributed by atoms with Crippen LogP contribution in [-0.4, -0.2) is 19.5 Å². The van der Waals surface area contributed by atoms with Crippen LogP contribution < -0.4 is 5.73 Å². The molecule has 2 N–H and O–H groups in total. The molecule has 1 atom stereocenters. The van der Waals surface area contributed by atoms with Gasteiger partial charge in [-0.1, -0.05) is 0 Å². The fraction of sp³-hybridized carbons (Fsp3) is 0.364. The van der Waals surface area contributed by atoms with Crippen molar-refractivity contribution in [1.29, 1.82) is 0 Å². The molecule has 2 aromatic rings. The lowest BCUT2D eigenvalue weighted by molar-refractivity contribution is 0.639. The molecule has 2 rings (SSSR count). The summed E-state index contributed by atoms with van der Waals surface area (Å²) in [6.45, 7) is 1.86. The predicted octanol–water partition coefficient (Wildman–Crippen LogP) is 0.761. The number of imidazole rings is 1. The highest BCUT2D eigenvalue weighted by Crippen LogP contribution is 2.12. The Hall–Kier alpha value is -1.75. The third-order valence-electron chi connectivity index (χ3n) is 2.50. The van der Waals surface area contributed by atoms with E-state index >= 15 is 0 Å². The summed E-state index contributed by atoms with van der Waals surface area (Å²) in [5.74, 6) is 1.71. The summed E-state index contributed by atoms with van der Waals surface area (Å²) >= 11 is 0. The highest BCUT2D eigenvalue weighted by molar-refractivity contribution is 5.09. The van der Waals surface area contributed by atoms with Crippen molar-refractivity contribution in [2.75, 3.05) is 0 Å². The van der Waals surface area contributed by atoms with Crippen molar-refractivity contribution >= 4 is 0 Å². The van der Waals surface area contributed by atoms with Crippen LogP contribution in [0, 0.1) is 6.92 Å². The zero-order valence-electron chi connectivity index (χ0n) is 9.46. The average molecular weight is 217 g/mol. The molecule has 0 aliphatic heterocycles. The molecule has 0 spiro atoms. The van der Waals surface area contributed by atoms with Gasteiger partial charge in [-0.25, -0.2) is 15.0 Å². The first-order chi connectivity index (χ1) is 7.66. The van der Waals surface area contributed by atoms with Crippen molar-refractivity contribution in [2.45, 2.75) is 19.4 Å². The van der Waals surface area contributed by atoms with Crippen molar-refractivity contribution < 1.29 is 0 Å². The van der Waals surface area contributed by atoms with Crippen molar-refractivity contribution in [3.8, 4) is 0 Å². The Morgan fingerprint density at radius 3 is 2.81 bits per heavy atom. The van der Waals surface area contributed by atoms with Gasteiger partial charge in [0.15, 0.2) is 0 Å². The standard InChI is InChI=1S/C11H15N5/c1-8-13-4-3-10(15-8)9(12)7-11-14-5-6-16(11)2/h3-6,9H,7,12H2,1-2H3. The Morgan fingerprint density at radius 2 is 2.19 bits per heavy atom. The molecule has 0 aliphatic carbocycles. The molecule has 0 amide bonds. The van der Waals surface area contributed by atoms with Crippen LogP contribution in [0.15, 0.2) is 24.7 Å². The third kappa shape index (κ3) is 2.25. The van der Waals surface area contributed by atoms with E-state index in [-0.39, 0.29) is 6.04 Å². The molecule has 0 fully saturated rings. The molecule has 0 aliphatic rings. The van der Waals surface area contributed by atoms with Gasteiger partial charge in [-0.05, 0) is 13.0 Å². The van der Waals surface area contributed by atoms with Gasteiger partial charge in [-0.3, -0.25) is 0 Å². The first-order valence-corrected chi connectivity index (χ1v) is 5.18. The normalized spacial score (nSPS) is 12.7. The fourth-order valence-electron chi connectivity index (χ4n) is 1.58. The molecule has 16 heavy (non-hydrogen) atoms. The van der Waals surface area contributed by atoms with Crippen LogP contribution in [-0.2, 0) is 13.5 Å². The maximum absolute atomic E-state index is 6.08. The molecule has 2 heterocycles. The first-order valence-electron chi connectivity index (χ1n) is 5.18. The summed E-state index contributed by atoms with van der Waals surface area (Å²) < 4.78 is 1.97. The van der Waals surface area contributed by atoms with Crippen molar-refractivity contribution in [3.63, 3.8) is 0 Å². The van der Waals surface area contributed by atoms with Gasteiger partial charge in [0.05, 0.1) is 11.7 Å². The number of nitrogens with two attached hydrogens (primary N) is 1. The molecule has 0 saturated carbocycles. The molecule has 5 nitrogen and oxygen atoms in total. The number of aryl methyl sites for hydroxylation is 2. The second-order valence-corrected chi connectivity index (χ2v) is 3.79. The van der Waals surface area contributed by atoms with Crippen molar-refractivity contribution in [2.24, 2.45) is 12.8 Å². The van der Waals surface area contributed by atoms with Gasteiger partial charge in [0.2, 0.25) is 0 Å². The predicted molar refractivity (Wildman–Crippen MR) is 60.6 cm³/mol. The van der Waals surface area contributed by atoms with Crippen LogP contribution in [0.4, 0.5) is 0 Å². The number of rotatable bonds is 3. The highest BCUT2D eigenvalue weighted by atomic mass is 15.0. The Labute approximate surface area is 94.4 Å². The lowest BCUT2D eigenvalue weighted by Crippen LogP contribution is -2.17. The minimum atomic E-state index is -0.136. The van der Waals surface area contributed by atoms with E-state index in [1.54, 1.807) is 12.4 Å². The summed E-state index contributed by atoms with van der Waals surface area (Å²) in [6, 6.07) is 1.71. The molecule has 0 aromatic carbocycles. The molecule has 84 valence electrons. The molecular weight excluding hydrogens is 202 g/mol. The molecular formula is C11H15N5. The fourth-order valence-corrected chi connectivity index (χ4v) is 1.58. The monoisotopic (exact) mass is 217 g/mol. The van der Waals surface area contributed by atoms with E-state index in [2.05, 4.69) is 15.0 Å². The van der Waals surface area contributed by atoms with E-state index in [0.717, 1.165) is 17.3 Å². The SMILES string of the molecule is Cc1nccc(C(N)Cc2nccn2C)n1. The van der Waals surface area contributed by atoms with Gasteiger partial charge in [-0.2, -0.15) is 0 Å². The van der Waals surface area contributed by atoms with E-state index in [0.29, 0.717) is 6.42 Å². The Morgan fingerprint density at radius 1 is 1.38 bits per heavy atom. The quantitative estimate of drug-likeness (QED) is 0.824. The van der Waals surface area contributed by atoms with Gasteiger partial charge < -0.3 is 10.3 Å². The smallest absolute Gasteiger partial charge is 0.125 e. The number of aromatic nitrogens is 4. The summed E-state index contributed by atoms with van der Waals surface area (Å²) in [7, 11) is 1.96. The van der Waals surface area contributed by atoms with E-state index in [1.165, 1.54) is 0 Å². The molecule has 5 heteroatoms. The highest BCUT2D eigenvalue weighted by Gasteiger charge is 2.11. The third-order valence-corrected chi connectivity index (χ3v) is 2.50.